The van der Waals surface area contributed by atoms with Gasteiger partial charge in [-0.15, -0.1) is 24.0 Å². The number of aliphatic imine (C=N–C) groups is 1. The van der Waals surface area contributed by atoms with Gasteiger partial charge in [0, 0.05) is 25.2 Å². The first-order valence-corrected chi connectivity index (χ1v) is 8.31. The van der Waals surface area contributed by atoms with Gasteiger partial charge in [0.25, 0.3) is 0 Å². The van der Waals surface area contributed by atoms with Crippen LogP contribution in [0.2, 0.25) is 0 Å². The van der Waals surface area contributed by atoms with Crippen molar-refractivity contribution in [3.05, 3.63) is 53.9 Å². The number of benzene rings is 1. The average Bonchev–Trinajstić information content (AvgIpc) is 3.28. The van der Waals surface area contributed by atoms with Crippen LogP contribution in [0, 0.1) is 0 Å². The molecule has 0 atom stereocenters. The molecule has 6 heteroatoms. The summed E-state index contributed by atoms with van der Waals surface area (Å²) in [5.74, 6) is 0.835. The fraction of sp³-hybridized carbons (Fsp3) is 0.444. The summed E-state index contributed by atoms with van der Waals surface area (Å²) in [5, 5.41) is 13.8. The summed E-state index contributed by atoms with van der Waals surface area (Å²) in [4.78, 5) is 4.33. The molecule has 130 valence electrons. The highest BCUT2D eigenvalue weighted by Crippen LogP contribution is 2.40. The highest BCUT2D eigenvalue weighted by Gasteiger charge is 2.35. The predicted octanol–water partition coefficient (Wildman–Crippen LogP) is 3.20. The highest BCUT2D eigenvalue weighted by molar-refractivity contribution is 14.0. The molecule has 5 nitrogen and oxygen atoms in total. The maximum Gasteiger partial charge on any atom is 0.191 e. The third-order valence-electron chi connectivity index (χ3n) is 4.77. The van der Waals surface area contributed by atoms with E-state index in [4.69, 9.17) is 0 Å². The van der Waals surface area contributed by atoms with Gasteiger partial charge in [-0.1, -0.05) is 43.2 Å². The zero-order valence-corrected chi connectivity index (χ0v) is 16.4. The number of aromatic amines is 1. The van der Waals surface area contributed by atoms with E-state index in [1.807, 2.05) is 13.1 Å². The van der Waals surface area contributed by atoms with Crippen LogP contribution >= 0.6 is 24.0 Å². The average molecular weight is 439 g/mol. The van der Waals surface area contributed by atoms with Crippen molar-refractivity contribution < 1.29 is 0 Å². The van der Waals surface area contributed by atoms with Gasteiger partial charge in [0.15, 0.2) is 5.96 Å². The van der Waals surface area contributed by atoms with E-state index in [-0.39, 0.29) is 29.4 Å². The van der Waals surface area contributed by atoms with Crippen LogP contribution in [0.5, 0.6) is 0 Å². The molecule has 0 saturated heterocycles. The highest BCUT2D eigenvalue weighted by atomic mass is 127. The minimum Gasteiger partial charge on any atom is -0.356 e. The van der Waals surface area contributed by atoms with Crippen LogP contribution in [0.3, 0.4) is 0 Å². The summed E-state index contributed by atoms with van der Waals surface area (Å²) in [6, 6.07) is 12.8. The zero-order valence-electron chi connectivity index (χ0n) is 14.1. The van der Waals surface area contributed by atoms with Crippen LogP contribution in [0.4, 0.5) is 0 Å². The number of rotatable bonds is 5. The van der Waals surface area contributed by atoms with Gasteiger partial charge in [-0.25, -0.2) is 0 Å². The van der Waals surface area contributed by atoms with Crippen LogP contribution in [0.25, 0.3) is 0 Å². The Morgan fingerprint density at radius 1 is 1.17 bits per heavy atom. The van der Waals surface area contributed by atoms with Crippen molar-refractivity contribution in [1.29, 1.82) is 0 Å². The molecule has 1 heterocycles. The summed E-state index contributed by atoms with van der Waals surface area (Å²) >= 11 is 0. The number of halogens is 1. The van der Waals surface area contributed by atoms with Crippen LogP contribution in [-0.4, -0.2) is 29.7 Å². The SMILES string of the molecule is CN=C(NCc1ccn[nH]1)NCC1(c2ccccc2)CCCC1.I. The molecule has 0 aliphatic heterocycles. The summed E-state index contributed by atoms with van der Waals surface area (Å²) in [5.41, 5.74) is 2.72. The fourth-order valence-electron chi connectivity index (χ4n) is 3.45. The van der Waals surface area contributed by atoms with Crippen LogP contribution in [0.1, 0.15) is 36.9 Å². The molecular weight excluding hydrogens is 413 g/mol. The van der Waals surface area contributed by atoms with Crippen molar-refractivity contribution >= 4 is 29.9 Å². The number of H-pyrrole nitrogens is 1. The first kappa shape index (κ1) is 18.8. The van der Waals surface area contributed by atoms with E-state index in [1.165, 1.54) is 31.2 Å². The molecular formula is C18H26IN5. The van der Waals surface area contributed by atoms with Gasteiger partial charge in [0.1, 0.15) is 0 Å². The molecule has 0 radical (unpaired) electrons. The Morgan fingerprint density at radius 3 is 2.54 bits per heavy atom. The van der Waals surface area contributed by atoms with Crippen molar-refractivity contribution in [3.8, 4) is 0 Å². The molecule has 1 aromatic heterocycles. The molecule has 0 spiro atoms. The van der Waals surface area contributed by atoms with Gasteiger partial charge in [0.05, 0.1) is 12.2 Å². The third kappa shape index (κ3) is 4.49. The Morgan fingerprint density at radius 2 is 1.92 bits per heavy atom. The fourth-order valence-corrected chi connectivity index (χ4v) is 3.45. The quantitative estimate of drug-likeness (QED) is 0.381. The monoisotopic (exact) mass is 439 g/mol. The maximum atomic E-state index is 4.33. The van der Waals surface area contributed by atoms with Crippen molar-refractivity contribution in [3.63, 3.8) is 0 Å². The van der Waals surface area contributed by atoms with Gasteiger partial charge in [-0.05, 0) is 24.5 Å². The summed E-state index contributed by atoms with van der Waals surface area (Å²) in [6.45, 7) is 1.61. The molecule has 1 aromatic carbocycles. The first-order chi connectivity index (χ1) is 11.3. The van der Waals surface area contributed by atoms with E-state index >= 15 is 0 Å². The zero-order chi connectivity index (χ0) is 16.0. The lowest BCUT2D eigenvalue weighted by Gasteiger charge is -2.30. The van der Waals surface area contributed by atoms with E-state index < -0.39 is 0 Å². The smallest absolute Gasteiger partial charge is 0.191 e. The number of aromatic nitrogens is 2. The third-order valence-corrected chi connectivity index (χ3v) is 4.77. The second-order valence-electron chi connectivity index (χ2n) is 6.21. The van der Waals surface area contributed by atoms with Crippen molar-refractivity contribution in [2.45, 2.75) is 37.6 Å². The first-order valence-electron chi connectivity index (χ1n) is 8.31. The minimum atomic E-state index is 0. The number of guanidine groups is 1. The van der Waals surface area contributed by atoms with Crippen molar-refractivity contribution in [2.24, 2.45) is 4.99 Å². The molecule has 1 aliphatic rings. The molecule has 0 bridgehead atoms. The molecule has 2 aromatic rings. The van der Waals surface area contributed by atoms with E-state index in [1.54, 1.807) is 6.20 Å². The Labute approximate surface area is 160 Å². The normalized spacial score (nSPS) is 16.5. The summed E-state index contributed by atoms with van der Waals surface area (Å²) in [6.07, 6.45) is 6.84. The topological polar surface area (TPSA) is 65.1 Å². The van der Waals surface area contributed by atoms with E-state index in [0.29, 0.717) is 6.54 Å². The molecule has 3 N–H and O–H groups in total. The Kier molecular flexibility index (Phi) is 7.08. The molecule has 0 unspecified atom stereocenters. The van der Waals surface area contributed by atoms with Gasteiger partial charge in [-0.2, -0.15) is 5.10 Å². The lowest BCUT2D eigenvalue weighted by Crippen LogP contribution is -2.44. The molecule has 24 heavy (non-hydrogen) atoms. The van der Waals surface area contributed by atoms with Gasteiger partial charge < -0.3 is 10.6 Å². The Balaban J connectivity index is 0.00000208. The van der Waals surface area contributed by atoms with Crippen LogP contribution in [0.15, 0.2) is 47.6 Å². The van der Waals surface area contributed by atoms with Crippen LogP contribution < -0.4 is 10.6 Å². The molecule has 1 saturated carbocycles. The molecule has 1 aliphatic carbocycles. The molecule has 1 fully saturated rings. The largest absolute Gasteiger partial charge is 0.356 e. The van der Waals surface area contributed by atoms with Gasteiger partial charge >= 0.3 is 0 Å². The minimum absolute atomic E-state index is 0. The second-order valence-corrected chi connectivity index (χ2v) is 6.21. The maximum absolute atomic E-state index is 4.33. The van der Waals surface area contributed by atoms with E-state index in [2.05, 4.69) is 56.2 Å². The lowest BCUT2D eigenvalue weighted by molar-refractivity contribution is 0.431. The summed E-state index contributed by atoms with van der Waals surface area (Å²) in [7, 11) is 1.81. The molecule has 3 rings (SSSR count). The Hall–Kier alpha value is -1.57. The number of hydrogen-bond donors (Lipinski definition) is 3. The van der Waals surface area contributed by atoms with Crippen molar-refractivity contribution in [1.82, 2.24) is 20.8 Å². The van der Waals surface area contributed by atoms with Crippen molar-refractivity contribution in [2.75, 3.05) is 13.6 Å². The second kappa shape index (κ2) is 9.05. The Bertz CT molecular complexity index is 618. The standard InChI is InChI=1S/C18H25N5.HI/c1-19-17(20-13-16-9-12-22-23-16)21-14-18(10-5-6-11-18)15-7-3-2-4-8-15;/h2-4,7-9,12H,5-6,10-11,13-14H2,1H3,(H,22,23)(H2,19,20,21);1H. The number of hydrogen-bond acceptors (Lipinski definition) is 2. The van der Waals surface area contributed by atoms with E-state index in [0.717, 1.165) is 18.2 Å². The van der Waals surface area contributed by atoms with Crippen LogP contribution in [-0.2, 0) is 12.0 Å². The lowest BCUT2D eigenvalue weighted by atomic mass is 9.79. The number of nitrogens with zero attached hydrogens (tertiary/aromatic N) is 2. The molecule has 0 amide bonds. The number of nitrogens with one attached hydrogen (secondary N) is 3. The predicted molar refractivity (Wildman–Crippen MR) is 109 cm³/mol. The van der Waals surface area contributed by atoms with E-state index in [9.17, 15) is 0 Å². The van der Waals surface area contributed by atoms with Gasteiger partial charge in [-0.3, -0.25) is 10.1 Å². The summed E-state index contributed by atoms with van der Waals surface area (Å²) < 4.78 is 0. The van der Waals surface area contributed by atoms with Gasteiger partial charge in [0.2, 0.25) is 0 Å².